The van der Waals surface area contributed by atoms with E-state index in [0.29, 0.717) is 43.7 Å². The van der Waals surface area contributed by atoms with E-state index < -0.39 is 12.0 Å². The van der Waals surface area contributed by atoms with Crippen molar-refractivity contribution in [1.82, 2.24) is 4.90 Å². The van der Waals surface area contributed by atoms with Crippen molar-refractivity contribution in [2.24, 2.45) is 0 Å². The molecule has 4 rings (SSSR count). The highest BCUT2D eigenvalue weighted by Gasteiger charge is 2.33. The van der Waals surface area contributed by atoms with Gasteiger partial charge >= 0.3 is 5.97 Å². The fourth-order valence-corrected chi connectivity index (χ4v) is 4.54. The van der Waals surface area contributed by atoms with Gasteiger partial charge in [-0.2, -0.15) is 0 Å². The Hall–Kier alpha value is -3.60. The molecule has 0 aromatic heterocycles. The molecule has 0 bridgehead atoms. The van der Waals surface area contributed by atoms with E-state index in [9.17, 15) is 9.59 Å². The molecule has 1 amide bonds. The Labute approximate surface area is 215 Å². The van der Waals surface area contributed by atoms with Crippen LogP contribution >= 0.6 is 0 Å². The number of aryl methyl sites for hydroxylation is 2. The van der Waals surface area contributed by atoms with E-state index in [1.165, 1.54) is 16.7 Å². The van der Waals surface area contributed by atoms with E-state index >= 15 is 0 Å². The molecule has 3 aromatic rings. The monoisotopic (exact) mass is 486 g/mol. The molecule has 3 aromatic carbocycles. The number of carboxylic acid groups (broad SMARTS) is 1. The summed E-state index contributed by atoms with van der Waals surface area (Å²) in [5, 5.41) is 8.78. The number of ether oxygens (including phenoxy) is 1. The normalized spacial score (nSPS) is 14.1. The fourth-order valence-electron chi connectivity index (χ4n) is 4.54. The van der Waals surface area contributed by atoms with Gasteiger partial charge in [0.15, 0.2) is 0 Å². The van der Waals surface area contributed by atoms with Crippen molar-refractivity contribution < 1.29 is 20.8 Å². The lowest BCUT2D eigenvalue weighted by Crippen LogP contribution is -2.32. The number of carbonyl (C=O) groups is 2. The molecular formula is C31H35NO4. The molecule has 5 heteroatoms. The number of unbranched alkanes of at least 4 members (excludes halogenated alkanes) is 2. The van der Waals surface area contributed by atoms with Crippen LogP contribution in [0.5, 0.6) is 5.75 Å². The van der Waals surface area contributed by atoms with Crippen LogP contribution in [0.4, 0.5) is 0 Å². The van der Waals surface area contributed by atoms with Crippen LogP contribution < -0.4 is 4.74 Å². The smallest absolute Gasteiger partial charge is 0.303 e. The molecular weight excluding hydrogens is 450 g/mol. The van der Waals surface area contributed by atoms with Gasteiger partial charge in [0.05, 0.1) is 7.98 Å². The van der Waals surface area contributed by atoms with Crippen LogP contribution in [0.2, 0.25) is 0 Å². The van der Waals surface area contributed by atoms with Gasteiger partial charge in [-0.15, -0.1) is 0 Å². The number of amides is 1. The highest BCUT2D eigenvalue weighted by molar-refractivity contribution is 5.95. The first-order valence-electron chi connectivity index (χ1n) is 13.2. The van der Waals surface area contributed by atoms with Gasteiger partial charge in [0.1, 0.15) is 5.75 Å². The first kappa shape index (κ1) is 24.1. The molecule has 5 nitrogen and oxygen atoms in total. The highest BCUT2D eigenvalue weighted by Crippen LogP contribution is 2.33. The number of hydrogen-bond acceptors (Lipinski definition) is 3. The first-order valence-corrected chi connectivity index (χ1v) is 12.7. The van der Waals surface area contributed by atoms with Crippen LogP contribution in [0, 0.1) is 13.8 Å². The van der Waals surface area contributed by atoms with Crippen molar-refractivity contribution in [2.45, 2.75) is 64.9 Å². The van der Waals surface area contributed by atoms with Gasteiger partial charge in [0, 0.05) is 30.1 Å². The largest absolute Gasteiger partial charge is 0.493 e. The molecule has 36 heavy (non-hydrogen) atoms. The maximum atomic E-state index is 13.6. The average Bonchev–Trinajstić information content (AvgIpc) is 3.63. The maximum Gasteiger partial charge on any atom is 0.303 e. The summed E-state index contributed by atoms with van der Waals surface area (Å²) in [5.74, 6) is -0.224. The van der Waals surface area contributed by atoms with Crippen molar-refractivity contribution in [1.29, 1.82) is 0 Å². The predicted octanol–water partition coefficient (Wildman–Crippen LogP) is 6.80. The van der Waals surface area contributed by atoms with E-state index in [1.54, 1.807) is 4.90 Å². The van der Waals surface area contributed by atoms with Crippen LogP contribution in [0.1, 0.15) is 66.9 Å². The van der Waals surface area contributed by atoms with Crippen LogP contribution in [-0.4, -0.2) is 34.5 Å². The van der Waals surface area contributed by atoms with Gasteiger partial charge in [0.25, 0.3) is 5.91 Å². The first-order chi connectivity index (χ1) is 17.8. The molecule has 188 valence electrons. The molecule has 1 aliphatic rings. The highest BCUT2D eigenvalue weighted by atomic mass is 16.5. The molecule has 0 spiro atoms. The lowest BCUT2D eigenvalue weighted by Gasteiger charge is -2.24. The Morgan fingerprint density at radius 3 is 2.31 bits per heavy atom. The number of hydrogen-bond donors (Lipinski definition) is 1. The zero-order chi connectivity index (χ0) is 26.4. The number of nitrogens with zero attached hydrogens (tertiary/aromatic N) is 1. The summed E-state index contributed by atoms with van der Waals surface area (Å²) in [4.78, 5) is 26.0. The number of para-hydroxylation sites is 1. The standard InChI is InChI=1S/C31H35NO4/c1-22-9-8-10-23(2)30(22)24-14-16-25(17-15-24)31(35)32(27-18-19-27)21-26-11-5-6-12-28(26)36-20-7-3-4-13-29(33)34/h5-6,8-12,14-17,27H,3-4,7,13,18-21H2,1-2H3,(H,33,34)/i27D. The Bertz CT molecular complexity index is 1230. The lowest BCUT2D eigenvalue weighted by molar-refractivity contribution is -0.137. The third-order valence-corrected chi connectivity index (χ3v) is 6.60. The third kappa shape index (κ3) is 6.54. The number of benzene rings is 3. The van der Waals surface area contributed by atoms with E-state index in [2.05, 4.69) is 26.0 Å². The minimum absolute atomic E-state index is 0.149. The summed E-state index contributed by atoms with van der Waals surface area (Å²) in [5.41, 5.74) is 6.10. The molecule has 0 unspecified atom stereocenters. The maximum absolute atomic E-state index is 13.6. The minimum atomic E-state index is -0.897. The zero-order valence-electron chi connectivity index (χ0n) is 22.1. The SMILES string of the molecule is [2H]C1(N(Cc2ccccc2OCCCCCC(=O)O)C(=O)c2ccc(-c3c(C)cccc3C)cc2)CC1. The second-order valence-electron chi connectivity index (χ2n) is 9.46. The number of rotatable bonds is 12. The van der Waals surface area contributed by atoms with Crippen LogP contribution in [-0.2, 0) is 11.3 Å². The molecule has 0 heterocycles. The minimum Gasteiger partial charge on any atom is -0.493 e. The molecule has 1 fully saturated rings. The van der Waals surface area contributed by atoms with E-state index in [1.807, 2.05) is 54.6 Å². The predicted molar refractivity (Wildman–Crippen MR) is 142 cm³/mol. The fraction of sp³-hybridized carbons (Fsp3) is 0.355. The number of aliphatic carboxylic acids is 1. The Kier molecular flexibility index (Phi) is 7.96. The van der Waals surface area contributed by atoms with Gasteiger partial charge in [-0.25, -0.2) is 0 Å². The van der Waals surface area contributed by atoms with E-state index in [4.69, 9.17) is 11.2 Å². The van der Waals surface area contributed by atoms with Crippen molar-refractivity contribution >= 4 is 11.9 Å². The number of carboxylic acids is 1. The second kappa shape index (κ2) is 11.9. The quantitative estimate of drug-likeness (QED) is 0.286. The van der Waals surface area contributed by atoms with Crippen molar-refractivity contribution in [3.05, 3.63) is 89.0 Å². The van der Waals surface area contributed by atoms with Crippen molar-refractivity contribution in [2.75, 3.05) is 6.61 Å². The lowest BCUT2D eigenvalue weighted by atomic mass is 9.95. The Morgan fingerprint density at radius 1 is 0.944 bits per heavy atom. The van der Waals surface area contributed by atoms with Crippen LogP contribution in [0.15, 0.2) is 66.7 Å². The zero-order valence-corrected chi connectivity index (χ0v) is 21.1. The molecule has 1 N–H and O–H groups in total. The molecule has 1 saturated carbocycles. The molecule has 0 radical (unpaired) electrons. The number of carbonyl (C=O) groups excluding carboxylic acids is 1. The van der Waals surface area contributed by atoms with Crippen molar-refractivity contribution in [3.63, 3.8) is 0 Å². The summed E-state index contributed by atoms with van der Waals surface area (Å²) in [6.45, 7) is 4.97. The average molecular weight is 487 g/mol. The topological polar surface area (TPSA) is 66.8 Å². The Morgan fingerprint density at radius 2 is 1.64 bits per heavy atom. The summed E-state index contributed by atoms with van der Waals surface area (Å²) in [6.07, 6.45) is 3.67. The molecule has 0 saturated heterocycles. The summed E-state index contributed by atoms with van der Waals surface area (Å²) >= 11 is 0. The summed E-state index contributed by atoms with van der Waals surface area (Å²) in [6, 6.07) is 20.7. The van der Waals surface area contributed by atoms with E-state index in [0.717, 1.165) is 24.0 Å². The third-order valence-electron chi connectivity index (χ3n) is 6.60. The second-order valence-corrected chi connectivity index (χ2v) is 9.46. The Balaban J connectivity index is 1.47. The molecule has 0 aliphatic heterocycles. The van der Waals surface area contributed by atoms with Crippen LogP contribution in [0.25, 0.3) is 11.1 Å². The summed E-state index contributed by atoms with van der Waals surface area (Å²) in [7, 11) is 0. The molecule has 0 atom stereocenters. The van der Waals surface area contributed by atoms with E-state index in [-0.39, 0.29) is 12.3 Å². The van der Waals surface area contributed by atoms with Gasteiger partial charge in [-0.05, 0) is 86.4 Å². The van der Waals surface area contributed by atoms with Gasteiger partial charge in [-0.3, -0.25) is 9.59 Å². The van der Waals surface area contributed by atoms with Gasteiger partial charge in [-0.1, -0.05) is 48.5 Å². The van der Waals surface area contributed by atoms with Gasteiger partial charge < -0.3 is 14.7 Å². The van der Waals surface area contributed by atoms with Crippen molar-refractivity contribution in [3.8, 4) is 16.9 Å². The van der Waals surface area contributed by atoms with Crippen LogP contribution in [0.3, 0.4) is 0 Å². The van der Waals surface area contributed by atoms with Gasteiger partial charge in [0.2, 0.25) is 0 Å². The summed E-state index contributed by atoms with van der Waals surface area (Å²) < 4.78 is 14.8. The molecule has 1 aliphatic carbocycles.